The minimum atomic E-state index is -0.289. The van der Waals surface area contributed by atoms with Crippen molar-refractivity contribution in [1.82, 2.24) is 20.9 Å². The SMILES string of the molecule is CCNC(=O)CNC(=O)NC1CCN(c2ccccn2)CC1. The highest BCUT2D eigenvalue weighted by atomic mass is 16.2. The number of likely N-dealkylation sites (N-methyl/N-ethyl adjacent to an activating group) is 1. The molecular formula is C15H23N5O2. The average Bonchev–Trinajstić information content (AvgIpc) is 2.55. The largest absolute Gasteiger partial charge is 0.356 e. The summed E-state index contributed by atoms with van der Waals surface area (Å²) in [5, 5.41) is 8.11. The Balaban J connectivity index is 1.69. The fourth-order valence-electron chi connectivity index (χ4n) is 2.45. The molecule has 0 spiro atoms. The molecule has 3 N–H and O–H groups in total. The molecule has 2 rings (SSSR count). The first-order chi connectivity index (χ1) is 10.7. The van der Waals surface area contributed by atoms with Gasteiger partial charge in [-0.25, -0.2) is 9.78 Å². The number of hydrogen-bond acceptors (Lipinski definition) is 4. The molecule has 7 heteroatoms. The number of hydrogen-bond donors (Lipinski definition) is 3. The zero-order chi connectivity index (χ0) is 15.8. The Labute approximate surface area is 130 Å². The highest BCUT2D eigenvalue weighted by molar-refractivity contribution is 5.83. The molecule has 3 amide bonds. The van der Waals surface area contributed by atoms with Crippen molar-refractivity contribution in [2.75, 3.05) is 31.1 Å². The van der Waals surface area contributed by atoms with E-state index < -0.39 is 0 Å². The minimum Gasteiger partial charge on any atom is -0.356 e. The minimum absolute atomic E-state index is 0.00640. The molecule has 2 heterocycles. The normalized spacial score (nSPS) is 15.2. The van der Waals surface area contributed by atoms with Gasteiger partial charge in [-0.05, 0) is 31.9 Å². The van der Waals surface area contributed by atoms with Crippen molar-refractivity contribution in [2.24, 2.45) is 0 Å². The van der Waals surface area contributed by atoms with E-state index >= 15 is 0 Å². The molecule has 1 aromatic rings. The van der Waals surface area contributed by atoms with Crippen molar-refractivity contribution in [3.63, 3.8) is 0 Å². The third-order valence-electron chi connectivity index (χ3n) is 3.59. The number of carbonyl (C=O) groups excluding carboxylic acids is 2. The molecule has 1 fully saturated rings. The van der Waals surface area contributed by atoms with Crippen LogP contribution < -0.4 is 20.9 Å². The van der Waals surface area contributed by atoms with Crippen molar-refractivity contribution >= 4 is 17.8 Å². The van der Waals surface area contributed by atoms with Crippen LogP contribution in [0.2, 0.25) is 0 Å². The fraction of sp³-hybridized carbons (Fsp3) is 0.533. The van der Waals surface area contributed by atoms with E-state index in [1.165, 1.54) is 0 Å². The molecule has 22 heavy (non-hydrogen) atoms. The van der Waals surface area contributed by atoms with Crippen LogP contribution in [0.5, 0.6) is 0 Å². The highest BCUT2D eigenvalue weighted by Crippen LogP contribution is 2.16. The molecule has 0 saturated carbocycles. The zero-order valence-electron chi connectivity index (χ0n) is 12.8. The molecule has 1 aliphatic rings. The van der Waals surface area contributed by atoms with Crippen LogP contribution in [0.1, 0.15) is 19.8 Å². The number of pyridine rings is 1. The van der Waals surface area contributed by atoms with Gasteiger partial charge in [0.1, 0.15) is 5.82 Å². The summed E-state index contributed by atoms with van der Waals surface area (Å²) < 4.78 is 0. The molecule has 0 aromatic carbocycles. The molecule has 0 atom stereocenters. The van der Waals surface area contributed by atoms with Crippen LogP contribution in [0, 0.1) is 0 Å². The fourth-order valence-corrected chi connectivity index (χ4v) is 2.45. The summed E-state index contributed by atoms with van der Waals surface area (Å²) in [5.74, 6) is 0.796. The van der Waals surface area contributed by atoms with E-state index in [1.54, 1.807) is 6.20 Å². The van der Waals surface area contributed by atoms with E-state index in [0.717, 1.165) is 31.7 Å². The van der Waals surface area contributed by atoms with Crippen molar-refractivity contribution < 1.29 is 9.59 Å². The van der Waals surface area contributed by atoms with E-state index in [9.17, 15) is 9.59 Å². The van der Waals surface area contributed by atoms with Crippen LogP contribution in [0.4, 0.5) is 10.6 Å². The first-order valence-corrected chi connectivity index (χ1v) is 7.66. The second kappa shape index (κ2) is 8.21. The van der Waals surface area contributed by atoms with Gasteiger partial charge in [0.05, 0.1) is 6.54 Å². The van der Waals surface area contributed by atoms with Crippen molar-refractivity contribution in [3.05, 3.63) is 24.4 Å². The van der Waals surface area contributed by atoms with Crippen LogP contribution in [-0.4, -0.2) is 49.1 Å². The zero-order valence-corrected chi connectivity index (χ0v) is 12.8. The van der Waals surface area contributed by atoms with Gasteiger partial charge in [0, 0.05) is 31.9 Å². The maximum atomic E-state index is 11.7. The molecule has 1 aliphatic heterocycles. The van der Waals surface area contributed by atoms with Crippen LogP contribution in [0.3, 0.4) is 0 Å². The lowest BCUT2D eigenvalue weighted by Crippen LogP contribution is -2.49. The van der Waals surface area contributed by atoms with E-state index in [2.05, 4.69) is 25.8 Å². The molecule has 1 saturated heterocycles. The Morgan fingerprint density at radius 1 is 1.27 bits per heavy atom. The average molecular weight is 305 g/mol. The Hall–Kier alpha value is -2.31. The Bertz CT molecular complexity index is 486. The lowest BCUT2D eigenvalue weighted by molar-refractivity contribution is -0.119. The van der Waals surface area contributed by atoms with Crippen LogP contribution in [0.25, 0.3) is 0 Å². The summed E-state index contributed by atoms with van der Waals surface area (Å²) in [5.41, 5.74) is 0. The van der Waals surface area contributed by atoms with Gasteiger partial charge in [-0.3, -0.25) is 4.79 Å². The summed E-state index contributed by atoms with van der Waals surface area (Å²) in [6, 6.07) is 5.71. The molecule has 0 bridgehead atoms. The number of rotatable bonds is 5. The molecule has 1 aromatic heterocycles. The molecule has 0 unspecified atom stereocenters. The second-order valence-corrected chi connectivity index (χ2v) is 5.23. The lowest BCUT2D eigenvalue weighted by Gasteiger charge is -2.33. The number of nitrogens with one attached hydrogen (secondary N) is 3. The molecule has 7 nitrogen and oxygen atoms in total. The first-order valence-electron chi connectivity index (χ1n) is 7.66. The Kier molecular flexibility index (Phi) is 6.00. The number of anilines is 1. The first kappa shape index (κ1) is 16.1. The quantitative estimate of drug-likeness (QED) is 0.739. The van der Waals surface area contributed by atoms with Crippen molar-refractivity contribution in [3.8, 4) is 0 Å². The summed E-state index contributed by atoms with van der Waals surface area (Å²) >= 11 is 0. The molecule has 0 radical (unpaired) electrons. The van der Waals surface area contributed by atoms with Gasteiger partial charge in [0.15, 0.2) is 0 Å². The maximum absolute atomic E-state index is 11.7. The summed E-state index contributed by atoms with van der Waals surface area (Å²) in [6.45, 7) is 4.13. The Morgan fingerprint density at radius 3 is 2.68 bits per heavy atom. The number of carbonyl (C=O) groups is 2. The topological polar surface area (TPSA) is 86.4 Å². The number of amides is 3. The summed E-state index contributed by atoms with van der Waals surface area (Å²) in [6.07, 6.45) is 3.52. The van der Waals surface area contributed by atoms with Crippen LogP contribution in [-0.2, 0) is 4.79 Å². The van der Waals surface area contributed by atoms with Gasteiger partial charge in [-0.2, -0.15) is 0 Å². The van der Waals surface area contributed by atoms with Gasteiger partial charge in [0.2, 0.25) is 5.91 Å². The number of urea groups is 1. The Morgan fingerprint density at radius 2 is 2.05 bits per heavy atom. The van der Waals surface area contributed by atoms with E-state index in [4.69, 9.17) is 0 Å². The van der Waals surface area contributed by atoms with E-state index in [1.807, 2.05) is 25.1 Å². The van der Waals surface area contributed by atoms with Gasteiger partial charge in [-0.15, -0.1) is 0 Å². The van der Waals surface area contributed by atoms with Gasteiger partial charge < -0.3 is 20.9 Å². The third kappa shape index (κ3) is 4.91. The predicted octanol–water partition coefficient (Wildman–Crippen LogP) is 0.486. The smallest absolute Gasteiger partial charge is 0.315 e. The number of aromatic nitrogens is 1. The van der Waals surface area contributed by atoms with Gasteiger partial charge in [0.25, 0.3) is 0 Å². The molecule has 120 valence electrons. The number of nitrogens with zero attached hydrogens (tertiary/aromatic N) is 2. The van der Waals surface area contributed by atoms with Crippen molar-refractivity contribution in [2.45, 2.75) is 25.8 Å². The monoisotopic (exact) mass is 305 g/mol. The lowest BCUT2D eigenvalue weighted by atomic mass is 10.1. The molecule has 0 aliphatic carbocycles. The second-order valence-electron chi connectivity index (χ2n) is 5.23. The third-order valence-corrected chi connectivity index (χ3v) is 3.59. The van der Waals surface area contributed by atoms with E-state index in [0.29, 0.717) is 6.54 Å². The highest BCUT2D eigenvalue weighted by Gasteiger charge is 2.21. The van der Waals surface area contributed by atoms with Crippen LogP contribution in [0.15, 0.2) is 24.4 Å². The van der Waals surface area contributed by atoms with Crippen LogP contribution >= 0.6 is 0 Å². The summed E-state index contributed by atoms with van der Waals surface area (Å²) in [7, 11) is 0. The molecular weight excluding hydrogens is 282 g/mol. The van der Waals surface area contributed by atoms with Crippen molar-refractivity contribution in [1.29, 1.82) is 0 Å². The van der Waals surface area contributed by atoms with Gasteiger partial charge >= 0.3 is 6.03 Å². The predicted molar refractivity (Wildman–Crippen MR) is 84.7 cm³/mol. The summed E-state index contributed by atoms with van der Waals surface area (Å²) in [4.78, 5) is 29.6. The van der Waals surface area contributed by atoms with Gasteiger partial charge in [-0.1, -0.05) is 6.07 Å². The maximum Gasteiger partial charge on any atom is 0.315 e. The standard InChI is InChI=1S/C15H23N5O2/c1-2-16-14(21)11-18-15(22)19-12-6-9-20(10-7-12)13-5-3-4-8-17-13/h3-5,8,12H,2,6-7,9-11H2,1H3,(H,16,21)(H2,18,19,22). The van der Waals surface area contributed by atoms with E-state index in [-0.39, 0.29) is 24.5 Å². The number of piperidine rings is 1.